The molecular weight excluding hydrogens is 384 g/mol. The standard InChI is InChI=1S/C24H31ClN2O2/c1-5-18(3)26-24(29)19(4)27(16-20-10-8-9-17(2)15-20)23(28)14-13-21-11-6-7-12-22(21)25/h6-12,15,18-19H,5,13-14,16H2,1-4H3,(H,26,29)/t18-,19+/m0/s1. The number of amides is 2. The number of hydrogen-bond donors (Lipinski definition) is 1. The molecule has 0 spiro atoms. The molecule has 2 aromatic rings. The summed E-state index contributed by atoms with van der Waals surface area (Å²) in [5, 5.41) is 3.65. The van der Waals surface area contributed by atoms with Crippen molar-refractivity contribution in [2.75, 3.05) is 0 Å². The number of halogens is 1. The van der Waals surface area contributed by atoms with Gasteiger partial charge in [-0.05, 0) is 50.8 Å². The SMILES string of the molecule is CC[C@H](C)NC(=O)[C@@H](C)N(Cc1cccc(C)c1)C(=O)CCc1ccccc1Cl. The lowest BCUT2D eigenvalue weighted by Gasteiger charge is -2.30. The molecule has 2 rings (SSSR count). The topological polar surface area (TPSA) is 49.4 Å². The van der Waals surface area contributed by atoms with Gasteiger partial charge in [-0.15, -0.1) is 0 Å². The number of carbonyl (C=O) groups excluding carboxylic acids is 2. The predicted molar refractivity (Wildman–Crippen MR) is 119 cm³/mol. The number of hydrogen-bond acceptors (Lipinski definition) is 2. The third-order valence-corrected chi connectivity index (χ3v) is 5.54. The van der Waals surface area contributed by atoms with Crippen LogP contribution in [0, 0.1) is 6.92 Å². The highest BCUT2D eigenvalue weighted by Crippen LogP contribution is 2.19. The minimum Gasteiger partial charge on any atom is -0.352 e. The molecule has 4 nitrogen and oxygen atoms in total. The maximum Gasteiger partial charge on any atom is 0.242 e. The maximum absolute atomic E-state index is 13.1. The molecule has 0 aromatic heterocycles. The summed E-state index contributed by atoms with van der Waals surface area (Å²) in [5.41, 5.74) is 3.08. The summed E-state index contributed by atoms with van der Waals surface area (Å²) < 4.78 is 0. The molecule has 1 N–H and O–H groups in total. The Labute approximate surface area is 179 Å². The number of nitrogens with one attached hydrogen (secondary N) is 1. The quantitative estimate of drug-likeness (QED) is 0.633. The zero-order valence-corrected chi connectivity index (χ0v) is 18.5. The zero-order chi connectivity index (χ0) is 21.4. The molecular formula is C24H31ClN2O2. The molecule has 0 aliphatic rings. The van der Waals surface area contributed by atoms with Gasteiger partial charge in [0.15, 0.2) is 0 Å². The molecule has 2 amide bonds. The monoisotopic (exact) mass is 414 g/mol. The fraction of sp³-hybridized carbons (Fsp3) is 0.417. The van der Waals surface area contributed by atoms with Crippen LogP contribution in [0.4, 0.5) is 0 Å². The summed E-state index contributed by atoms with van der Waals surface area (Å²) in [6, 6.07) is 15.1. The van der Waals surface area contributed by atoms with Crippen LogP contribution in [-0.2, 0) is 22.6 Å². The maximum atomic E-state index is 13.1. The van der Waals surface area contributed by atoms with Crippen LogP contribution in [0.5, 0.6) is 0 Å². The Morgan fingerprint density at radius 3 is 2.48 bits per heavy atom. The lowest BCUT2D eigenvalue weighted by Crippen LogP contribution is -2.49. The second kappa shape index (κ2) is 11.0. The molecule has 0 saturated heterocycles. The van der Waals surface area contributed by atoms with Crippen molar-refractivity contribution in [2.45, 2.75) is 65.6 Å². The van der Waals surface area contributed by atoms with Gasteiger partial charge in [-0.3, -0.25) is 9.59 Å². The molecule has 0 heterocycles. The summed E-state index contributed by atoms with van der Waals surface area (Å²) in [7, 11) is 0. The van der Waals surface area contributed by atoms with Gasteiger partial charge in [0.1, 0.15) is 6.04 Å². The van der Waals surface area contributed by atoms with Gasteiger partial charge in [-0.2, -0.15) is 0 Å². The third-order valence-electron chi connectivity index (χ3n) is 5.17. The predicted octanol–water partition coefficient (Wildman–Crippen LogP) is 4.91. The molecule has 2 aromatic carbocycles. The number of rotatable bonds is 9. The van der Waals surface area contributed by atoms with E-state index in [1.165, 1.54) is 0 Å². The Hall–Kier alpha value is -2.33. The van der Waals surface area contributed by atoms with Crippen LogP contribution in [0.2, 0.25) is 5.02 Å². The van der Waals surface area contributed by atoms with E-state index in [0.717, 1.165) is 23.1 Å². The number of nitrogens with zero attached hydrogens (tertiary/aromatic N) is 1. The van der Waals surface area contributed by atoms with E-state index in [1.807, 2.05) is 69.3 Å². The minimum atomic E-state index is -0.553. The molecule has 0 saturated carbocycles. The van der Waals surface area contributed by atoms with Gasteiger partial charge in [0.2, 0.25) is 11.8 Å². The average Bonchev–Trinajstić information content (AvgIpc) is 2.70. The van der Waals surface area contributed by atoms with E-state index in [1.54, 1.807) is 11.8 Å². The summed E-state index contributed by atoms with van der Waals surface area (Å²) >= 11 is 6.23. The molecule has 0 bridgehead atoms. The summed E-state index contributed by atoms with van der Waals surface area (Å²) in [6.07, 6.45) is 1.69. The van der Waals surface area contributed by atoms with Gasteiger partial charge in [-0.25, -0.2) is 0 Å². The highest BCUT2D eigenvalue weighted by molar-refractivity contribution is 6.31. The zero-order valence-electron chi connectivity index (χ0n) is 17.7. The Bertz CT molecular complexity index is 837. The molecule has 0 aliphatic heterocycles. The van der Waals surface area contributed by atoms with Crippen LogP contribution < -0.4 is 5.32 Å². The highest BCUT2D eigenvalue weighted by atomic mass is 35.5. The number of benzene rings is 2. The smallest absolute Gasteiger partial charge is 0.242 e. The van der Waals surface area contributed by atoms with Crippen LogP contribution in [0.1, 0.15) is 50.3 Å². The van der Waals surface area contributed by atoms with Gasteiger partial charge in [0.05, 0.1) is 0 Å². The van der Waals surface area contributed by atoms with Crippen molar-refractivity contribution in [2.24, 2.45) is 0 Å². The summed E-state index contributed by atoms with van der Waals surface area (Å²) in [5.74, 6) is -0.184. The van der Waals surface area contributed by atoms with Crippen LogP contribution >= 0.6 is 11.6 Å². The summed E-state index contributed by atoms with van der Waals surface area (Å²) in [4.78, 5) is 27.5. The molecule has 0 fully saturated rings. The van der Waals surface area contributed by atoms with Gasteiger partial charge in [-0.1, -0.05) is 66.6 Å². The van der Waals surface area contributed by atoms with E-state index in [0.29, 0.717) is 24.4 Å². The third kappa shape index (κ3) is 6.90. The van der Waals surface area contributed by atoms with Crippen molar-refractivity contribution < 1.29 is 9.59 Å². The van der Waals surface area contributed by atoms with Crippen molar-refractivity contribution in [3.8, 4) is 0 Å². The normalized spacial score (nSPS) is 12.9. The van der Waals surface area contributed by atoms with Crippen molar-refractivity contribution in [1.82, 2.24) is 10.2 Å². The molecule has 29 heavy (non-hydrogen) atoms. The van der Waals surface area contributed by atoms with E-state index in [-0.39, 0.29) is 17.9 Å². The first-order valence-electron chi connectivity index (χ1n) is 10.2. The molecule has 0 aliphatic carbocycles. The van der Waals surface area contributed by atoms with Crippen molar-refractivity contribution in [1.29, 1.82) is 0 Å². The van der Waals surface area contributed by atoms with Crippen molar-refractivity contribution in [3.63, 3.8) is 0 Å². The first kappa shape index (κ1) is 23.0. The van der Waals surface area contributed by atoms with Crippen LogP contribution in [0.3, 0.4) is 0 Å². The van der Waals surface area contributed by atoms with Gasteiger partial charge < -0.3 is 10.2 Å². The largest absolute Gasteiger partial charge is 0.352 e. The second-order valence-electron chi connectivity index (χ2n) is 7.60. The van der Waals surface area contributed by atoms with Crippen LogP contribution in [0.15, 0.2) is 48.5 Å². The minimum absolute atomic E-state index is 0.0572. The number of carbonyl (C=O) groups is 2. The van der Waals surface area contributed by atoms with Crippen molar-refractivity contribution >= 4 is 23.4 Å². The first-order valence-corrected chi connectivity index (χ1v) is 10.6. The Morgan fingerprint density at radius 2 is 1.83 bits per heavy atom. The van der Waals surface area contributed by atoms with Crippen molar-refractivity contribution in [3.05, 3.63) is 70.2 Å². The van der Waals surface area contributed by atoms with Crippen LogP contribution in [0.25, 0.3) is 0 Å². The van der Waals surface area contributed by atoms with E-state index in [4.69, 9.17) is 11.6 Å². The Balaban J connectivity index is 2.17. The number of aryl methyl sites for hydroxylation is 2. The molecule has 5 heteroatoms. The van der Waals surface area contributed by atoms with E-state index in [2.05, 4.69) is 5.32 Å². The molecule has 0 radical (unpaired) electrons. The lowest BCUT2D eigenvalue weighted by molar-refractivity contribution is -0.140. The Kier molecular flexibility index (Phi) is 8.71. The van der Waals surface area contributed by atoms with E-state index < -0.39 is 6.04 Å². The average molecular weight is 415 g/mol. The van der Waals surface area contributed by atoms with E-state index >= 15 is 0 Å². The molecule has 0 unspecified atom stereocenters. The van der Waals surface area contributed by atoms with Crippen LogP contribution in [-0.4, -0.2) is 28.8 Å². The summed E-state index contributed by atoms with van der Waals surface area (Å²) in [6.45, 7) is 8.20. The van der Waals surface area contributed by atoms with Gasteiger partial charge >= 0.3 is 0 Å². The highest BCUT2D eigenvalue weighted by Gasteiger charge is 2.26. The molecule has 2 atom stereocenters. The fourth-order valence-electron chi connectivity index (χ4n) is 3.14. The van der Waals surface area contributed by atoms with Gasteiger partial charge in [0.25, 0.3) is 0 Å². The fourth-order valence-corrected chi connectivity index (χ4v) is 3.37. The molecule has 156 valence electrons. The second-order valence-corrected chi connectivity index (χ2v) is 8.00. The lowest BCUT2D eigenvalue weighted by atomic mass is 10.1. The van der Waals surface area contributed by atoms with Gasteiger partial charge in [0, 0.05) is 24.0 Å². The van der Waals surface area contributed by atoms with E-state index in [9.17, 15) is 9.59 Å². The first-order chi connectivity index (χ1) is 13.8. The Morgan fingerprint density at radius 1 is 1.10 bits per heavy atom.